The fourth-order valence-electron chi connectivity index (χ4n) is 2.00. The highest BCUT2D eigenvalue weighted by molar-refractivity contribution is 5.35. The molecule has 3 nitrogen and oxygen atoms in total. The van der Waals surface area contributed by atoms with E-state index in [4.69, 9.17) is 14.2 Å². The molecule has 0 amide bonds. The summed E-state index contributed by atoms with van der Waals surface area (Å²) in [5, 5.41) is 0. The van der Waals surface area contributed by atoms with Crippen LogP contribution in [0.2, 0.25) is 0 Å². The molecule has 0 spiro atoms. The lowest BCUT2D eigenvalue weighted by Gasteiger charge is -2.31. The Kier molecular flexibility index (Phi) is 3.50. The van der Waals surface area contributed by atoms with Crippen LogP contribution in [0, 0.1) is 0 Å². The molecule has 0 aromatic heterocycles. The van der Waals surface area contributed by atoms with Gasteiger partial charge in [-0.2, -0.15) is 0 Å². The van der Waals surface area contributed by atoms with Crippen molar-refractivity contribution in [3.8, 4) is 5.75 Å². The van der Waals surface area contributed by atoms with Crippen molar-refractivity contribution in [1.29, 1.82) is 0 Å². The van der Waals surface area contributed by atoms with Crippen molar-refractivity contribution in [3.05, 3.63) is 42.5 Å². The molecule has 0 aliphatic carbocycles. The molecule has 17 heavy (non-hydrogen) atoms. The van der Waals surface area contributed by atoms with Gasteiger partial charge in [0.1, 0.15) is 5.75 Å². The van der Waals surface area contributed by atoms with Gasteiger partial charge in [-0.25, -0.2) is 0 Å². The second kappa shape index (κ2) is 4.90. The zero-order valence-corrected chi connectivity index (χ0v) is 10.3. The Morgan fingerprint density at radius 3 is 2.35 bits per heavy atom. The molecule has 1 aliphatic rings. The molecule has 1 fully saturated rings. The largest absolute Gasteiger partial charge is 0.497 e. The molecule has 3 heteroatoms. The molecule has 1 heterocycles. The predicted octanol–water partition coefficient (Wildman–Crippen LogP) is 2.51. The number of hydrogen-bond donors (Lipinski definition) is 0. The zero-order valence-electron chi connectivity index (χ0n) is 10.3. The van der Waals surface area contributed by atoms with Crippen LogP contribution in [0.25, 0.3) is 0 Å². The van der Waals surface area contributed by atoms with Gasteiger partial charge in [0.05, 0.1) is 25.7 Å². The van der Waals surface area contributed by atoms with E-state index in [1.165, 1.54) is 0 Å². The van der Waals surface area contributed by atoms with Crippen LogP contribution in [0.15, 0.2) is 36.9 Å². The van der Waals surface area contributed by atoms with Crippen molar-refractivity contribution in [2.45, 2.75) is 18.6 Å². The van der Waals surface area contributed by atoms with E-state index in [0.29, 0.717) is 13.2 Å². The molecular formula is C14H18O3. The smallest absolute Gasteiger partial charge is 0.170 e. The summed E-state index contributed by atoms with van der Waals surface area (Å²) in [6, 6.07) is 7.91. The minimum Gasteiger partial charge on any atom is -0.497 e. The highest BCUT2D eigenvalue weighted by Crippen LogP contribution is 2.34. The first-order valence-electron chi connectivity index (χ1n) is 5.72. The van der Waals surface area contributed by atoms with Gasteiger partial charge < -0.3 is 14.2 Å². The number of methoxy groups -OCH3 is 1. The fraction of sp³-hybridized carbons (Fsp3) is 0.429. The van der Waals surface area contributed by atoms with E-state index >= 15 is 0 Å². The van der Waals surface area contributed by atoms with Crippen molar-refractivity contribution in [3.63, 3.8) is 0 Å². The Labute approximate surface area is 102 Å². The average Bonchev–Trinajstić information content (AvgIpc) is 2.92. The van der Waals surface area contributed by atoms with E-state index in [2.05, 4.69) is 13.5 Å². The lowest BCUT2D eigenvalue weighted by Crippen LogP contribution is -2.35. The maximum atomic E-state index is 5.60. The van der Waals surface area contributed by atoms with Crippen LogP contribution in [0.3, 0.4) is 0 Å². The third-order valence-corrected chi connectivity index (χ3v) is 3.25. The van der Waals surface area contributed by atoms with Gasteiger partial charge in [0.15, 0.2) is 6.29 Å². The minimum absolute atomic E-state index is 0.256. The lowest BCUT2D eigenvalue weighted by atomic mass is 9.82. The topological polar surface area (TPSA) is 27.7 Å². The van der Waals surface area contributed by atoms with Crippen LogP contribution in [0.4, 0.5) is 0 Å². The maximum Gasteiger partial charge on any atom is 0.170 e. The third-order valence-electron chi connectivity index (χ3n) is 3.25. The maximum absolute atomic E-state index is 5.60. The SMILES string of the molecule is C=C[C@](C)(c1ccc(OC)cc1)C1OCCO1. The third kappa shape index (κ3) is 2.21. The zero-order chi connectivity index (χ0) is 12.3. The van der Waals surface area contributed by atoms with Crippen molar-refractivity contribution in [1.82, 2.24) is 0 Å². The molecule has 92 valence electrons. The Morgan fingerprint density at radius 2 is 1.88 bits per heavy atom. The first kappa shape index (κ1) is 12.1. The van der Waals surface area contributed by atoms with Gasteiger partial charge in [-0.15, -0.1) is 6.58 Å². The highest BCUT2D eigenvalue weighted by Gasteiger charge is 2.37. The minimum atomic E-state index is -0.331. The number of benzene rings is 1. The molecule has 1 aliphatic heterocycles. The summed E-state index contributed by atoms with van der Waals surface area (Å²) in [6.45, 7) is 7.26. The van der Waals surface area contributed by atoms with Gasteiger partial charge >= 0.3 is 0 Å². The van der Waals surface area contributed by atoms with Gasteiger partial charge in [0.25, 0.3) is 0 Å². The van der Waals surface area contributed by atoms with Crippen LogP contribution in [0.1, 0.15) is 12.5 Å². The first-order chi connectivity index (χ1) is 8.20. The highest BCUT2D eigenvalue weighted by atomic mass is 16.7. The van der Waals surface area contributed by atoms with Crippen LogP contribution < -0.4 is 4.74 Å². The quantitative estimate of drug-likeness (QED) is 0.749. The van der Waals surface area contributed by atoms with Gasteiger partial charge in [-0.05, 0) is 24.6 Å². The standard InChI is InChI=1S/C14H18O3/c1-4-14(2,13-16-9-10-17-13)11-5-7-12(15-3)8-6-11/h4-8,13H,1,9-10H2,2-3H3/t14-/m1/s1. The van der Waals surface area contributed by atoms with Crippen molar-refractivity contribution < 1.29 is 14.2 Å². The Morgan fingerprint density at radius 1 is 1.29 bits per heavy atom. The van der Waals surface area contributed by atoms with Crippen LogP contribution in [-0.4, -0.2) is 26.6 Å². The van der Waals surface area contributed by atoms with Gasteiger partial charge in [-0.3, -0.25) is 0 Å². The monoisotopic (exact) mass is 234 g/mol. The summed E-state index contributed by atoms with van der Waals surface area (Å²) in [5.41, 5.74) is 0.781. The number of ether oxygens (including phenoxy) is 3. The molecule has 0 N–H and O–H groups in total. The Hall–Kier alpha value is -1.32. The van der Waals surface area contributed by atoms with Crippen molar-refractivity contribution >= 4 is 0 Å². The van der Waals surface area contributed by atoms with E-state index in [1.54, 1.807) is 7.11 Å². The number of hydrogen-bond acceptors (Lipinski definition) is 3. The second-order valence-electron chi connectivity index (χ2n) is 4.29. The van der Waals surface area contributed by atoms with E-state index in [-0.39, 0.29) is 11.7 Å². The molecule has 0 unspecified atom stereocenters. The van der Waals surface area contributed by atoms with Crippen LogP contribution in [-0.2, 0) is 14.9 Å². The Balaban J connectivity index is 2.29. The number of rotatable bonds is 4. The van der Waals surface area contributed by atoms with Gasteiger partial charge in [0, 0.05) is 0 Å². The van der Waals surface area contributed by atoms with E-state index < -0.39 is 0 Å². The second-order valence-corrected chi connectivity index (χ2v) is 4.29. The molecule has 1 saturated heterocycles. The molecule has 0 saturated carbocycles. The molecular weight excluding hydrogens is 216 g/mol. The predicted molar refractivity (Wildman–Crippen MR) is 66.2 cm³/mol. The summed E-state index contributed by atoms with van der Waals surface area (Å²) in [6.07, 6.45) is 1.62. The van der Waals surface area contributed by atoms with Crippen LogP contribution >= 0.6 is 0 Å². The van der Waals surface area contributed by atoms with Gasteiger partial charge in [-0.1, -0.05) is 18.2 Å². The van der Waals surface area contributed by atoms with Crippen molar-refractivity contribution in [2.24, 2.45) is 0 Å². The van der Waals surface area contributed by atoms with E-state index in [0.717, 1.165) is 11.3 Å². The van der Waals surface area contributed by atoms with Gasteiger partial charge in [0.2, 0.25) is 0 Å². The van der Waals surface area contributed by atoms with Crippen LogP contribution in [0.5, 0.6) is 5.75 Å². The molecule has 1 aromatic rings. The molecule has 2 rings (SSSR count). The Bertz CT molecular complexity index is 379. The summed E-state index contributed by atoms with van der Waals surface area (Å²) in [4.78, 5) is 0. The summed E-state index contributed by atoms with van der Waals surface area (Å²) in [5.74, 6) is 0.841. The molecule has 1 aromatic carbocycles. The first-order valence-corrected chi connectivity index (χ1v) is 5.72. The van der Waals surface area contributed by atoms with E-state index in [1.807, 2.05) is 30.3 Å². The molecule has 0 bridgehead atoms. The normalized spacial score (nSPS) is 19.9. The fourth-order valence-corrected chi connectivity index (χ4v) is 2.00. The van der Waals surface area contributed by atoms with Crippen molar-refractivity contribution in [2.75, 3.05) is 20.3 Å². The summed E-state index contributed by atoms with van der Waals surface area (Å²) < 4.78 is 16.3. The molecule has 0 radical (unpaired) electrons. The summed E-state index contributed by atoms with van der Waals surface area (Å²) >= 11 is 0. The van der Waals surface area contributed by atoms with E-state index in [9.17, 15) is 0 Å². The summed E-state index contributed by atoms with van der Waals surface area (Å²) in [7, 11) is 1.66. The lowest BCUT2D eigenvalue weighted by molar-refractivity contribution is -0.0795. The molecule has 1 atom stereocenters. The average molecular weight is 234 g/mol.